The molecule has 0 atom stereocenters. The van der Waals surface area contributed by atoms with Crippen LogP contribution in [0.2, 0.25) is 0 Å². The third-order valence-electron chi connectivity index (χ3n) is 6.52. The molecular formula is C24H28F2N4O3S. The van der Waals surface area contributed by atoms with E-state index in [1.807, 2.05) is 13.0 Å². The number of hydrogen-bond acceptors (Lipinski definition) is 5. The Bertz CT molecular complexity index is 1300. The van der Waals surface area contributed by atoms with E-state index in [2.05, 4.69) is 9.47 Å². The molecule has 1 saturated carbocycles. The molecule has 0 unspecified atom stereocenters. The molecule has 0 N–H and O–H groups in total. The van der Waals surface area contributed by atoms with E-state index in [1.165, 1.54) is 16.4 Å². The van der Waals surface area contributed by atoms with Gasteiger partial charge < -0.3 is 9.30 Å². The molecule has 2 aromatic carbocycles. The minimum Gasteiger partial charge on any atom is -0.379 e. The number of aromatic nitrogens is 2. The lowest BCUT2D eigenvalue weighted by Gasteiger charge is -2.26. The average molecular weight is 491 g/mol. The Balaban J connectivity index is 1.44. The van der Waals surface area contributed by atoms with Gasteiger partial charge in [0.05, 0.1) is 35.7 Å². The van der Waals surface area contributed by atoms with Crippen LogP contribution in [-0.4, -0.2) is 59.5 Å². The van der Waals surface area contributed by atoms with Crippen LogP contribution < -0.4 is 0 Å². The van der Waals surface area contributed by atoms with Gasteiger partial charge in [-0.05, 0) is 44.0 Å². The quantitative estimate of drug-likeness (QED) is 0.483. The van der Waals surface area contributed by atoms with Crippen LogP contribution in [0.1, 0.15) is 31.2 Å². The van der Waals surface area contributed by atoms with Gasteiger partial charge in [-0.25, -0.2) is 22.2 Å². The molecule has 2 heterocycles. The maximum atomic E-state index is 14.3. The summed E-state index contributed by atoms with van der Waals surface area (Å²) in [6, 6.07) is 9.09. The van der Waals surface area contributed by atoms with Crippen molar-refractivity contribution < 1.29 is 21.9 Å². The van der Waals surface area contributed by atoms with Crippen molar-refractivity contribution in [3.63, 3.8) is 0 Å². The minimum absolute atomic E-state index is 0.224. The van der Waals surface area contributed by atoms with E-state index in [1.54, 1.807) is 12.1 Å². The van der Waals surface area contributed by atoms with Crippen LogP contribution in [0.15, 0.2) is 41.3 Å². The molecule has 2 fully saturated rings. The molecule has 7 nitrogen and oxygen atoms in total. The van der Waals surface area contributed by atoms with Gasteiger partial charge in [-0.3, -0.25) is 4.90 Å². The number of imidazole rings is 1. The van der Waals surface area contributed by atoms with E-state index in [0.717, 1.165) is 30.2 Å². The highest BCUT2D eigenvalue weighted by Crippen LogP contribution is 2.31. The van der Waals surface area contributed by atoms with Crippen molar-refractivity contribution in [1.29, 1.82) is 0 Å². The maximum absolute atomic E-state index is 14.3. The summed E-state index contributed by atoms with van der Waals surface area (Å²) in [5.41, 5.74) is 1.93. The van der Waals surface area contributed by atoms with Crippen LogP contribution in [0.3, 0.4) is 0 Å². The Morgan fingerprint density at radius 1 is 1.09 bits per heavy atom. The van der Waals surface area contributed by atoms with Crippen LogP contribution in [0.5, 0.6) is 0 Å². The summed E-state index contributed by atoms with van der Waals surface area (Å²) in [6.45, 7) is 5.00. The molecule has 3 aromatic rings. The lowest BCUT2D eigenvalue weighted by molar-refractivity contribution is 0.0730. The van der Waals surface area contributed by atoms with E-state index in [-0.39, 0.29) is 4.90 Å². The van der Waals surface area contributed by atoms with Crippen LogP contribution >= 0.6 is 0 Å². The van der Waals surface area contributed by atoms with Gasteiger partial charge in [-0.1, -0.05) is 6.07 Å². The molecule has 0 bridgehead atoms. The fourth-order valence-corrected chi connectivity index (χ4v) is 5.96. The topological polar surface area (TPSA) is 67.7 Å². The molecule has 0 amide bonds. The third-order valence-corrected chi connectivity index (χ3v) is 8.41. The molecule has 1 aliphatic heterocycles. The van der Waals surface area contributed by atoms with Gasteiger partial charge in [0.1, 0.15) is 17.5 Å². The second-order valence-corrected chi connectivity index (χ2v) is 10.7. The van der Waals surface area contributed by atoms with E-state index >= 15 is 0 Å². The van der Waals surface area contributed by atoms with E-state index < -0.39 is 21.7 Å². The molecule has 182 valence electrons. The summed E-state index contributed by atoms with van der Waals surface area (Å²) in [5, 5.41) is 0. The molecule has 1 aromatic heterocycles. The zero-order chi connectivity index (χ0) is 23.9. The zero-order valence-corrected chi connectivity index (χ0v) is 19.9. The van der Waals surface area contributed by atoms with Crippen molar-refractivity contribution in [2.75, 3.05) is 26.3 Å². The third kappa shape index (κ3) is 4.59. The Kier molecular flexibility index (Phi) is 6.41. The number of benzene rings is 2. The summed E-state index contributed by atoms with van der Waals surface area (Å²) < 4.78 is 62.6. The van der Waals surface area contributed by atoms with Crippen molar-refractivity contribution >= 4 is 21.1 Å². The number of nitrogens with zero attached hydrogens (tertiary/aromatic N) is 4. The first kappa shape index (κ1) is 23.3. The molecule has 10 heteroatoms. The number of halogens is 2. The predicted octanol–water partition coefficient (Wildman–Crippen LogP) is 3.52. The number of sulfonamides is 1. The van der Waals surface area contributed by atoms with E-state index in [4.69, 9.17) is 9.72 Å². The van der Waals surface area contributed by atoms with E-state index in [0.29, 0.717) is 63.1 Å². The number of rotatable bonds is 8. The Labute approximate surface area is 198 Å². The molecule has 1 saturated heterocycles. The predicted molar refractivity (Wildman–Crippen MR) is 124 cm³/mol. The SMILES string of the molecule is CCn1c(CN(Cc2ccc(F)cc2F)C2CC2)nc2cc(S(=O)(=O)N3CCOCC3)ccc21. The molecule has 0 radical (unpaired) electrons. The number of hydrogen-bond donors (Lipinski definition) is 0. The first-order chi connectivity index (χ1) is 16.4. The summed E-state index contributed by atoms with van der Waals surface area (Å²) in [4.78, 5) is 7.18. The first-order valence-corrected chi connectivity index (χ1v) is 13.1. The van der Waals surface area contributed by atoms with Gasteiger partial charge in [0.25, 0.3) is 0 Å². The highest BCUT2D eigenvalue weighted by molar-refractivity contribution is 7.89. The summed E-state index contributed by atoms with van der Waals surface area (Å²) in [5.74, 6) is -0.338. The Hall–Kier alpha value is -2.40. The summed E-state index contributed by atoms with van der Waals surface area (Å²) in [6.07, 6.45) is 2.05. The van der Waals surface area contributed by atoms with Gasteiger partial charge in [0.15, 0.2) is 0 Å². The van der Waals surface area contributed by atoms with Crippen molar-refractivity contribution in [1.82, 2.24) is 18.8 Å². The van der Waals surface area contributed by atoms with Gasteiger partial charge in [-0.15, -0.1) is 0 Å². The Morgan fingerprint density at radius 3 is 2.53 bits per heavy atom. The Morgan fingerprint density at radius 2 is 1.85 bits per heavy atom. The smallest absolute Gasteiger partial charge is 0.243 e. The molecule has 0 spiro atoms. The summed E-state index contributed by atoms with van der Waals surface area (Å²) >= 11 is 0. The van der Waals surface area contributed by atoms with Gasteiger partial charge in [-0.2, -0.15) is 4.31 Å². The standard InChI is InChI=1S/C24H28F2N4O3S/c1-2-30-23-8-7-20(34(31,32)29-9-11-33-12-10-29)14-22(23)27-24(30)16-28(19-5-6-19)15-17-3-4-18(25)13-21(17)26/h3-4,7-8,13-14,19H,2,5-6,9-12,15-16H2,1H3. The second kappa shape index (κ2) is 9.33. The fourth-order valence-electron chi connectivity index (χ4n) is 4.53. The molecular weight excluding hydrogens is 462 g/mol. The fraction of sp³-hybridized carbons (Fsp3) is 0.458. The largest absolute Gasteiger partial charge is 0.379 e. The monoisotopic (exact) mass is 490 g/mol. The molecule has 1 aliphatic carbocycles. The van der Waals surface area contributed by atoms with Gasteiger partial charge in [0.2, 0.25) is 10.0 Å². The van der Waals surface area contributed by atoms with Crippen LogP contribution in [0.4, 0.5) is 8.78 Å². The van der Waals surface area contributed by atoms with E-state index in [9.17, 15) is 17.2 Å². The highest BCUT2D eigenvalue weighted by atomic mass is 32.2. The first-order valence-electron chi connectivity index (χ1n) is 11.6. The maximum Gasteiger partial charge on any atom is 0.243 e. The van der Waals surface area contributed by atoms with Crippen molar-refractivity contribution in [3.05, 3.63) is 59.4 Å². The normalized spacial score (nSPS) is 17.6. The number of ether oxygens (including phenoxy) is 1. The van der Waals surface area contributed by atoms with Gasteiger partial charge >= 0.3 is 0 Å². The number of aryl methyl sites for hydroxylation is 1. The number of fused-ring (bicyclic) bond motifs is 1. The van der Waals surface area contributed by atoms with Crippen molar-refractivity contribution in [2.45, 2.75) is 50.3 Å². The van der Waals surface area contributed by atoms with Crippen LogP contribution in [-0.2, 0) is 34.4 Å². The number of morpholine rings is 1. The van der Waals surface area contributed by atoms with Gasteiger partial charge in [0, 0.05) is 43.9 Å². The van der Waals surface area contributed by atoms with Crippen molar-refractivity contribution in [3.8, 4) is 0 Å². The van der Waals surface area contributed by atoms with Crippen LogP contribution in [0.25, 0.3) is 11.0 Å². The lowest BCUT2D eigenvalue weighted by atomic mass is 10.2. The molecule has 2 aliphatic rings. The van der Waals surface area contributed by atoms with Crippen LogP contribution in [0, 0.1) is 11.6 Å². The summed E-state index contributed by atoms with van der Waals surface area (Å²) in [7, 11) is -3.62. The molecule has 34 heavy (non-hydrogen) atoms. The second-order valence-electron chi connectivity index (χ2n) is 8.81. The zero-order valence-electron chi connectivity index (χ0n) is 19.1. The lowest BCUT2D eigenvalue weighted by Crippen LogP contribution is -2.40. The molecule has 5 rings (SSSR count). The van der Waals surface area contributed by atoms with Crippen molar-refractivity contribution in [2.24, 2.45) is 0 Å². The minimum atomic E-state index is -3.62. The highest BCUT2D eigenvalue weighted by Gasteiger charge is 2.31. The average Bonchev–Trinajstić information content (AvgIpc) is 3.62.